The summed E-state index contributed by atoms with van der Waals surface area (Å²) in [4.78, 5) is 18.5. The Balaban J connectivity index is 2.88. The summed E-state index contributed by atoms with van der Waals surface area (Å²) >= 11 is 0. The summed E-state index contributed by atoms with van der Waals surface area (Å²) < 4.78 is 0. The predicted molar refractivity (Wildman–Crippen MR) is 49.6 cm³/mol. The van der Waals surface area contributed by atoms with Crippen LogP contribution in [0.4, 0.5) is 0 Å². The molecule has 0 aliphatic heterocycles. The third-order valence-electron chi connectivity index (χ3n) is 1.84. The second-order valence-corrected chi connectivity index (χ2v) is 2.68. The molecule has 0 unspecified atom stereocenters. The van der Waals surface area contributed by atoms with Gasteiger partial charge in [0.1, 0.15) is 11.8 Å². The molecule has 0 saturated heterocycles. The van der Waals surface area contributed by atoms with Crippen LogP contribution in [0.25, 0.3) is 10.9 Å². The van der Waals surface area contributed by atoms with E-state index in [1.54, 1.807) is 24.3 Å². The van der Waals surface area contributed by atoms with E-state index in [1.807, 2.05) is 6.07 Å². The number of para-hydroxylation sites is 1. The van der Waals surface area contributed by atoms with Crippen LogP contribution < -0.4 is 0 Å². The van der Waals surface area contributed by atoms with Gasteiger partial charge in [0.25, 0.3) is 0 Å². The second kappa shape index (κ2) is 3.23. The summed E-state index contributed by atoms with van der Waals surface area (Å²) in [6.07, 6.45) is 0.630. The fourth-order valence-electron chi connectivity index (χ4n) is 1.24. The number of carbonyl (C=O) groups excluding carboxylic acids is 1. The second-order valence-electron chi connectivity index (χ2n) is 2.68. The Bertz CT molecular complexity index is 543. The van der Waals surface area contributed by atoms with Crippen LogP contribution in [0.3, 0.4) is 0 Å². The first kappa shape index (κ1) is 8.32. The molecule has 2 aromatic rings. The van der Waals surface area contributed by atoms with Crippen LogP contribution in [0.2, 0.25) is 0 Å². The molecule has 2 rings (SSSR count). The van der Waals surface area contributed by atoms with E-state index in [9.17, 15) is 4.79 Å². The fourth-order valence-corrected chi connectivity index (χ4v) is 1.24. The van der Waals surface area contributed by atoms with E-state index in [1.165, 1.54) is 0 Å². The average Bonchev–Trinajstić information content (AvgIpc) is 2.27. The lowest BCUT2D eigenvalue weighted by Crippen LogP contribution is -1.96. The van der Waals surface area contributed by atoms with Crippen molar-refractivity contribution in [1.29, 1.82) is 5.26 Å². The molecular weight excluding hydrogens is 178 g/mol. The maximum atomic E-state index is 10.7. The molecule has 0 aliphatic carbocycles. The lowest BCUT2D eigenvalue weighted by atomic mass is 10.2. The van der Waals surface area contributed by atoms with Gasteiger partial charge in [-0.3, -0.25) is 4.79 Å². The highest BCUT2D eigenvalue weighted by Gasteiger charge is 2.04. The van der Waals surface area contributed by atoms with Crippen molar-refractivity contribution in [1.82, 2.24) is 9.97 Å². The molecule has 0 radical (unpaired) electrons. The molecule has 1 aromatic carbocycles. The number of nitriles is 1. The number of aromatic nitrogens is 2. The molecule has 0 aliphatic rings. The summed E-state index contributed by atoms with van der Waals surface area (Å²) in [5.74, 6) is 0.0193. The van der Waals surface area contributed by atoms with Gasteiger partial charge in [-0.05, 0) is 6.07 Å². The van der Waals surface area contributed by atoms with Crippen LogP contribution in [0.1, 0.15) is 16.3 Å². The third-order valence-corrected chi connectivity index (χ3v) is 1.84. The molecule has 0 saturated carbocycles. The molecule has 4 heteroatoms. The molecule has 0 fully saturated rings. The predicted octanol–water partition coefficient (Wildman–Crippen LogP) is 1.31. The summed E-state index contributed by atoms with van der Waals surface area (Å²) in [5, 5.41) is 9.29. The van der Waals surface area contributed by atoms with Gasteiger partial charge in [0.15, 0.2) is 6.29 Å². The van der Waals surface area contributed by atoms with E-state index < -0.39 is 0 Å². The average molecular weight is 183 g/mol. The number of fused-ring (bicyclic) bond motifs is 1. The first-order valence-corrected chi connectivity index (χ1v) is 3.97. The number of aldehydes is 1. The van der Waals surface area contributed by atoms with E-state index in [2.05, 4.69) is 9.97 Å². The van der Waals surface area contributed by atoms with E-state index in [-0.39, 0.29) is 11.5 Å². The Morgan fingerprint density at radius 3 is 2.79 bits per heavy atom. The number of benzene rings is 1. The van der Waals surface area contributed by atoms with Gasteiger partial charge in [-0.1, -0.05) is 18.2 Å². The van der Waals surface area contributed by atoms with Crippen LogP contribution in [0.5, 0.6) is 0 Å². The normalized spacial score (nSPS) is 9.64. The highest BCUT2D eigenvalue weighted by molar-refractivity contribution is 5.94. The van der Waals surface area contributed by atoms with Crippen molar-refractivity contribution in [3.05, 3.63) is 35.8 Å². The smallest absolute Gasteiger partial charge is 0.233 e. The minimum Gasteiger partial charge on any atom is -0.296 e. The van der Waals surface area contributed by atoms with Gasteiger partial charge in [-0.2, -0.15) is 5.26 Å². The Kier molecular flexibility index (Phi) is 1.92. The third kappa shape index (κ3) is 1.21. The molecule has 0 amide bonds. The Morgan fingerprint density at radius 2 is 2.07 bits per heavy atom. The number of carbonyl (C=O) groups is 1. The van der Waals surface area contributed by atoms with Crippen molar-refractivity contribution in [2.75, 3.05) is 0 Å². The maximum Gasteiger partial charge on any atom is 0.233 e. The molecule has 1 heterocycles. The Hall–Kier alpha value is -2.28. The van der Waals surface area contributed by atoms with Gasteiger partial charge in [-0.25, -0.2) is 9.97 Å². The van der Waals surface area contributed by atoms with Gasteiger partial charge in [0.05, 0.1) is 5.52 Å². The highest BCUT2D eigenvalue weighted by Crippen LogP contribution is 2.13. The van der Waals surface area contributed by atoms with Crippen molar-refractivity contribution in [2.24, 2.45) is 0 Å². The molecule has 14 heavy (non-hydrogen) atoms. The standard InChI is InChI=1S/C10H5N3O/c11-5-10-12-8-4-2-1-3-7(8)9(6-14)13-10/h1-4,6H. The zero-order valence-electron chi connectivity index (χ0n) is 7.14. The van der Waals surface area contributed by atoms with E-state index in [0.717, 1.165) is 0 Å². The zero-order chi connectivity index (χ0) is 9.97. The fraction of sp³-hybridized carbons (Fsp3) is 0. The minimum absolute atomic E-state index is 0.0193. The molecule has 0 N–H and O–H groups in total. The van der Waals surface area contributed by atoms with Crippen molar-refractivity contribution in [3.63, 3.8) is 0 Å². The molecule has 0 bridgehead atoms. The highest BCUT2D eigenvalue weighted by atomic mass is 16.1. The topological polar surface area (TPSA) is 66.6 Å². The van der Waals surface area contributed by atoms with Gasteiger partial charge in [-0.15, -0.1) is 0 Å². The van der Waals surface area contributed by atoms with E-state index >= 15 is 0 Å². The number of hydrogen-bond acceptors (Lipinski definition) is 4. The molecule has 66 valence electrons. The molecule has 1 aromatic heterocycles. The maximum absolute atomic E-state index is 10.7. The zero-order valence-corrected chi connectivity index (χ0v) is 7.14. The van der Waals surface area contributed by atoms with Crippen LogP contribution in [-0.2, 0) is 0 Å². The number of rotatable bonds is 1. The first-order chi connectivity index (χ1) is 6.85. The van der Waals surface area contributed by atoms with Crippen molar-refractivity contribution in [2.45, 2.75) is 0 Å². The Morgan fingerprint density at radius 1 is 1.29 bits per heavy atom. The molecule has 0 spiro atoms. The SMILES string of the molecule is N#Cc1nc(C=O)c2ccccc2n1. The molecular formula is C10H5N3O. The van der Waals surface area contributed by atoms with E-state index in [0.29, 0.717) is 17.2 Å². The van der Waals surface area contributed by atoms with Gasteiger partial charge < -0.3 is 0 Å². The van der Waals surface area contributed by atoms with Crippen molar-refractivity contribution < 1.29 is 4.79 Å². The lowest BCUT2D eigenvalue weighted by molar-refractivity contribution is 0.112. The largest absolute Gasteiger partial charge is 0.296 e. The summed E-state index contributed by atoms with van der Waals surface area (Å²) in [6.45, 7) is 0. The van der Waals surface area contributed by atoms with Crippen LogP contribution in [-0.4, -0.2) is 16.3 Å². The monoisotopic (exact) mass is 183 g/mol. The van der Waals surface area contributed by atoms with Crippen LogP contribution in [0.15, 0.2) is 24.3 Å². The van der Waals surface area contributed by atoms with Gasteiger partial charge in [0, 0.05) is 5.39 Å². The lowest BCUT2D eigenvalue weighted by Gasteiger charge is -1.98. The van der Waals surface area contributed by atoms with E-state index in [4.69, 9.17) is 5.26 Å². The summed E-state index contributed by atoms with van der Waals surface area (Å²) in [5.41, 5.74) is 0.869. The number of nitrogens with zero attached hydrogens (tertiary/aromatic N) is 3. The minimum atomic E-state index is 0.0193. The summed E-state index contributed by atoms with van der Waals surface area (Å²) in [7, 11) is 0. The number of hydrogen-bond donors (Lipinski definition) is 0. The van der Waals surface area contributed by atoms with Crippen LogP contribution in [0, 0.1) is 11.3 Å². The Labute approximate surface area is 79.8 Å². The van der Waals surface area contributed by atoms with Crippen molar-refractivity contribution >= 4 is 17.2 Å². The molecule has 4 nitrogen and oxygen atoms in total. The van der Waals surface area contributed by atoms with Crippen molar-refractivity contribution in [3.8, 4) is 6.07 Å². The quantitative estimate of drug-likeness (QED) is 0.625. The van der Waals surface area contributed by atoms with Gasteiger partial charge >= 0.3 is 0 Å². The van der Waals surface area contributed by atoms with Gasteiger partial charge in [0.2, 0.25) is 5.82 Å². The first-order valence-electron chi connectivity index (χ1n) is 3.97. The van der Waals surface area contributed by atoms with Crippen LogP contribution >= 0.6 is 0 Å². The molecule has 0 atom stereocenters. The summed E-state index contributed by atoms with van der Waals surface area (Å²) in [6, 6.07) is 8.90.